The zero-order valence-corrected chi connectivity index (χ0v) is 10.7. The molecular weight excluding hydrogens is 212 g/mol. The van der Waals surface area contributed by atoms with Crippen molar-refractivity contribution in [3.63, 3.8) is 0 Å². The molecule has 2 heterocycles. The molecule has 0 aromatic carbocycles. The third kappa shape index (κ3) is 2.34. The highest BCUT2D eigenvalue weighted by Gasteiger charge is 2.16. The highest BCUT2D eigenvalue weighted by Crippen LogP contribution is 2.24. The van der Waals surface area contributed by atoms with Gasteiger partial charge >= 0.3 is 0 Å². The van der Waals surface area contributed by atoms with E-state index in [0.717, 1.165) is 18.4 Å². The van der Waals surface area contributed by atoms with Gasteiger partial charge in [-0.25, -0.2) is 0 Å². The van der Waals surface area contributed by atoms with Crippen LogP contribution >= 0.6 is 0 Å². The van der Waals surface area contributed by atoms with Crippen molar-refractivity contribution in [3.05, 3.63) is 29.7 Å². The zero-order chi connectivity index (χ0) is 12.4. The summed E-state index contributed by atoms with van der Waals surface area (Å²) in [5, 5.41) is 10.9. The minimum Gasteiger partial charge on any atom is -0.393 e. The summed E-state index contributed by atoms with van der Waals surface area (Å²) in [7, 11) is 0. The third-order valence-corrected chi connectivity index (χ3v) is 3.64. The molecule has 17 heavy (non-hydrogen) atoms. The fourth-order valence-electron chi connectivity index (χ4n) is 2.34. The monoisotopic (exact) mass is 232 g/mol. The molecule has 2 aromatic rings. The molecule has 0 fully saturated rings. The molecule has 3 heteroatoms. The number of hydrogen-bond donors (Lipinski definition) is 2. The molecule has 2 N–H and O–H groups in total. The first-order valence-electron chi connectivity index (χ1n) is 6.22. The molecule has 3 nitrogen and oxygen atoms in total. The van der Waals surface area contributed by atoms with Crippen molar-refractivity contribution in [1.29, 1.82) is 0 Å². The molecule has 2 unspecified atom stereocenters. The van der Waals surface area contributed by atoms with Gasteiger partial charge in [0.25, 0.3) is 0 Å². The van der Waals surface area contributed by atoms with Crippen LogP contribution in [0.3, 0.4) is 0 Å². The topological polar surface area (TPSA) is 48.9 Å². The molecule has 0 spiro atoms. The Balaban J connectivity index is 2.33. The standard InChI is InChI=1S/C14H20N2O/c1-4-11(10(3)17)7-14-9(2)12-8-15-6-5-13(12)16-14/h5-6,8,10-11,16-17H,4,7H2,1-3H3. The second kappa shape index (κ2) is 4.88. The average molecular weight is 232 g/mol. The Kier molecular flexibility index (Phi) is 3.48. The molecular formula is C14H20N2O. The van der Waals surface area contributed by atoms with Crippen molar-refractivity contribution in [2.24, 2.45) is 5.92 Å². The Bertz CT molecular complexity index is 502. The number of aryl methyl sites for hydroxylation is 1. The molecule has 0 saturated heterocycles. The Morgan fingerprint density at radius 1 is 1.47 bits per heavy atom. The predicted octanol–water partition coefficient (Wildman–Crippen LogP) is 2.82. The minimum absolute atomic E-state index is 0.260. The summed E-state index contributed by atoms with van der Waals surface area (Å²) in [5.74, 6) is 0.315. The number of nitrogens with zero attached hydrogens (tertiary/aromatic N) is 1. The SMILES string of the molecule is CCC(Cc1[nH]c2ccncc2c1C)C(C)O. The van der Waals surface area contributed by atoms with Crippen LogP contribution in [0.25, 0.3) is 10.9 Å². The Morgan fingerprint density at radius 3 is 2.82 bits per heavy atom. The van der Waals surface area contributed by atoms with Crippen LogP contribution in [0.2, 0.25) is 0 Å². The van der Waals surface area contributed by atoms with Crippen LogP contribution in [-0.4, -0.2) is 21.2 Å². The van der Waals surface area contributed by atoms with Crippen LogP contribution in [0.4, 0.5) is 0 Å². The van der Waals surface area contributed by atoms with E-state index in [9.17, 15) is 5.11 Å². The van der Waals surface area contributed by atoms with Crippen LogP contribution in [0.5, 0.6) is 0 Å². The van der Waals surface area contributed by atoms with Gasteiger partial charge in [0.15, 0.2) is 0 Å². The van der Waals surface area contributed by atoms with Crippen molar-refractivity contribution in [1.82, 2.24) is 9.97 Å². The number of rotatable bonds is 4. The van der Waals surface area contributed by atoms with E-state index in [0.29, 0.717) is 5.92 Å². The molecule has 0 saturated carbocycles. The molecule has 0 aliphatic rings. The van der Waals surface area contributed by atoms with Gasteiger partial charge in [-0.15, -0.1) is 0 Å². The van der Waals surface area contributed by atoms with E-state index in [2.05, 4.69) is 23.8 Å². The summed E-state index contributed by atoms with van der Waals surface area (Å²) in [6.07, 6.45) is 5.32. The van der Waals surface area contributed by atoms with Crippen LogP contribution in [0.1, 0.15) is 31.5 Å². The minimum atomic E-state index is -0.260. The molecule has 0 bridgehead atoms. The van der Waals surface area contributed by atoms with E-state index < -0.39 is 0 Å². The summed E-state index contributed by atoms with van der Waals surface area (Å²) in [6, 6.07) is 2.00. The predicted molar refractivity (Wildman–Crippen MR) is 70.0 cm³/mol. The molecule has 92 valence electrons. The number of hydrogen-bond acceptors (Lipinski definition) is 2. The number of fused-ring (bicyclic) bond motifs is 1. The maximum absolute atomic E-state index is 9.71. The average Bonchev–Trinajstić information content (AvgIpc) is 2.63. The van der Waals surface area contributed by atoms with Gasteiger partial charge in [-0.2, -0.15) is 0 Å². The van der Waals surface area contributed by atoms with E-state index in [-0.39, 0.29) is 6.10 Å². The maximum atomic E-state index is 9.71. The molecule has 2 aromatic heterocycles. The van der Waals surface area contributed by atoms with Crippen LogP contribution in [0, 0.1) is 12.8 Å². The van der Waals surface area contributed by atoms with E-state index in [1.54, 1.807) is 6.20 Å². The second-order valence-electron chi connectivity index (χ2n) is 4.76. The van der Waals surface area contributed by atoms with Gasteiger partial charge in [0, 0.05) is 29.0 Å². The summed E-state index contributed by atoms with van der Waals surface area (Å²) >= 11 is 0. The number of nitrogens with one attached hydrogen (secondary N) is 1. The van der Waals surface area contributed by atoms with E-state index >= 15 is 0 Å². The van der Waals surface area contributed by atoms with Crippen LogP contribution in [0.15, 0.2) is 18.5 Å². The van der Waals surface area contributed by atoms with Crippen LogP contribution in [-0.2, 0) is 6.42 Å². The summed E-state index contributed by atoms with van der Waals surface area (Å²) in [5.41, 5.74) is 3.61. The van der Waals surface area contributed by atoms with E-state index in [1.165, 1.54) is 16.6 Å². The quantitative estimate of drug-likeness (QED) is 0.851. The highest BCUT2D eigenvalue weighted by molar-refractivity contribution is 5.83. The molecule has 0 aliphatic carbocycles. The van der Waals surface area contributed by atoms with Gasteiger partial charge in [0.1, 0.15) is 0 Å². The smallest absolute Gasteiger partial charge is 0.0543 e. The Labute approximate surface area is 102 Å². The number of pyridine rings is 1. The number of aliphatic hydroxyl groups is 1. The summed E-state index contributed by atoms with van der Waals surface area (Å²) in [6.45, 7) is 6.11. The molecule has 0 amide bonds. The van der Waals surface area contributed by atoms with Crippen molar-refractivity contribution >= 4 is 10.9 Å². The van der Waals surface area contributed by atoms with Gasteiger partial charge in [0.05, 0.1) is 6.10 Å². The van der Waals surface area contributed by atoms with E-state index in [1.807, 2.05) is 19.2 Å². The number of aromatic nitrogens is 2. The Hall–Kier alpha value is -1.35. The van der Waals surface area contributed by atoms with Gasteiger partial charge in [-0.05, 0) is 37.8 Å². The summed E-state index contributed by atoms with van der Waals surface area (Å²) < 4.78 is 0. The fourth-order valence-corrected chi connectivity index (χ4v) is 2.34. The maximum Gasteiger partial charge on any atom is 0.0543 e. The lowest BCUT2D eigenvalue weighted by Gasteiger charge is -2.17. The number of aliphatic hydroxyl groups excluding tert-OH is 1. The van der Waals surface area contributed by atoms with Gasteiger partial charge < -0.3 is 10.1 Å². The number of aromatic amines is 1. The lowest BCUT2D eigenvalue weighted by Crippen LogP contribution is -2.18. The van der Waals surface area contributed by atoms with Gasteiger partial charge in [-0.1, -0.05) is 13.3 Å². The van der Waals surface area contributed by atoms with Crippen LogP contribution < -0.4 is 0 Å². The van der Waals surface area contributed by atoms with Gasteiger partial charge in [0.2, 0.25) is 0 Å². The van der Waals surface area contributed by atoms with E-state index in [4.69, 9.17) is 0 Å². The number of H-pyrrole nitrogens is 1. The zero-order valence-electron chi connectivity index (χ0n) is 10.7. The molecule has 0 aliphatic heterocycles. The van der Waals surface area contributed by atoms with Crippen molar-refractivity contribution in [2.45, 2.75) is 39.7 Å². The lowest BCUT2D eigenvalue weighted by molar-refractivity contribution is 0.122. The molecule has 0 radical (unpaired) electrons. The Morgan fingerprint density at radius 2 is 2.24 bits per heavy atom. The van der Waals surface area contributed by atoms with Crippen molar-refractivity contribution in [2.75, 3.05) is 0 Å². The largest absolute Gasteiger partial charge is 0.393 e. The second-order valence-corrected chi connectivity index (χ2v) is 4.76. The third-order valence-electron chi connectivity index (χ3n) is 3.64. The normalized spacial score (nSPS) is 15.1. The first kappa shape index (κ1) is 12.1. The highest BCUT2D eigenvalue weighted by atomic mass is 16.3. The molecule has 2 atom stereocenters. The first-order valence-corrected chi connectivity index (χ1v) is 6.22. The molecule has 2 rings (SSSR count). The fraction of sp³-hybridized carbons (Fsp3) is 0.500. The first-order chi connectivity index (χ1) is 8.13. The summed E-state index contributed by atoms with van der Waals surface area (Å²) in [4.78, 5) is 7.58. The lowest BCUT2D eigenvalue weighted by atomic mass is 9.94. The van der Waals surface area contributed by atoms with Gasteiger partial charge in [-0.3, -0.25) is 4.98 Å². The van der Waals surface area contributed by atoms with Crippen molar-refractivity contribution in [3.8, 4) is 0 Å². The van der Waals surface area contributed by atoms with Crippen molar-refractivity contribution < 1.29 is 5.11 Å².